The molecule has 0 aliphatic rings. The molecule has 0 N–H and O–H groups in total. The Balaban J connectivity index is 1.16. The third-order valence-electron chi connectivity index (χ3n) is 11.9. The van der Waals surface area contributed by atoms with Gasteiger partial charge in [0.1, 0.15) is 0 Å². The van der Waals surface area contributed by atoms with Gasteiger partial charge in [0.25, 0.3) is 0 Å². The molecule has 10 aromatic carbocycles. The van der Waals surface area contributed by atoms with E-state index >= 15 is 0 Å². The molecule has 0 atom stereocenters. The first-order valence-corrected chi connectivity index (χ1v) is 19.4. The highest BCUT2D eigenvalue weighted by Crippen LogP contribution is 2.44. The summed E-state index contributed by atoms with van der Waals surface area (Å²) in [5, 5.41) is 12.7. The smallest absolute Gasteiger partial charge is 0.0789 e. The zero-order valence-corrected chi connectivity index (χ0v) is 30.5. The molecule has 2 heteroatoms. The van der Waals surface area contributed by atoms with Gasteiger partial charge in [-0.25, -0.2) is 0 Å². The zero-order chi connectivity index (χ0) is 36.7. The molecule has 0 saturated carbocycles. The number of para-hydroxylation sites is 3. The average Bonchev–Trinajstić information content (AvgIpc) is 3.80. The van der Waals surface area contributed by atoms with Crippen molar-refractivity contribution in [3.05, 3.63) is 206 Å². The minimum atomic E-state index is 1.14. The van der Waals surface area contributed by atoms with Gasteiger partial charge in [-0.3, -0.25) is 0 Å². The lowest BCUT2D eigenvalue weighted by molar-refractivity contribution is 1.15. The Hall–Kier alpha value is -7.42. The van der Waals surface area contributed by atoms with Crippen LogP contribution in [0.4, 0.5) is 0 Å². The Kier molecular flexibility index (Phi) is 6.66. The van der Waals surface area contributed by atoms with Crippen LogP contribution in [0.2, 0.25) is 0 Å². The molecule has 0 spiro atoms. The summed E-state index contributed by atoms with van der Waals surface area (Å²) in [4.78, 5) is 0. The van der Waals surface area contributed by atoms with Crippen molar-refractivity contribution in [3.63, 3.8) is 0 Å². The van der Waals surface area contributed by atoms with Crippen LogP contribution in [-0.2, 0) is 0 Å². The van der Waals surface area contributed by atoms with E-state index < -0.39 is 0 Å². The molecule has 56 heavy (non-hydrogen) atoms. The zero-order valence-electron chi connectivity index (χ0n) is 30.5. The van der Waals surface area contributed by atoms with Crippen molar-refractivity contribution in [2.75, 3.05) is 0 Å². The van der Waals surface area contributed by atoms with Gasteiger partial charge >= 0.3 is 0 Å². The molecular weight excluding hydrogens is 677 g/mol. The lowest BCUT2D eigenvalue weighted by atomic mass is 9.92. The van der Waals surface area contributed by atoms with Gasteiger partial charge < -0.3 is 9.13 Å². The van der Waals surface area contributed by atoms with Crippen LogP contribution in [0.25, 0.3) is 110 Å². The third-order valence-corrected chi connectivity index (χ3v) is 11.9. The van der Waals surface area contributed by atoms with E-state index in [4.69, 9.17) is 0 Å². The molecule has 0 bridgehead atoms. The fourth-order valence-corrected chi connectivity index (χ4v) is 9.46. The first kappa shape index (κ1) is 31.0. The number of benzene rings is 10. The highest BCUT2D eigenvalue weighted by molar-refractivity contribution is 6.26. The van der Waals surface area contributed by atoms with E-state index in [-0.39, 0.29) is 0 Å². The molecule has 0 aliphatic heterocycles. The van der Waals surface area contributed by atoms with Crippen molar-refractivity contribution in [1.29, 1.82) is 0 Å². The summed E-state index contributed by atoms with van der Waals surface area (Å²) in [5.74, 6) is 0. The van der Waals surface area contributed by atoms with Gasteiger partial charge in [0, 0.05) is 32.8 Å². The summed E-state index contributed by atoms with van der Waals surface area (Å²) in [6.45, 7) is 0. The molecule has 0 unspecified atom stereocenters. The van der Waals surface area contributed by atoms with Gasteiger partial charge in [0.15, 0.2) is 0 Å². The largest absolute Gasteiger partial charge is 0.307 e. The van der Waals surface area contributed by atoms with Gasteiger partial charge in [-0.2, -0.15) is 0 Å². The molecule has 0 amide bonds. The summed E-state index contributed by atoms with van der Waals surface area (Å²) < 4.78 is 5.01. The fourth-order valence-electron chi connectivity index (χ4n) is 9.46. The van der Waals surface area contributed by atoms with Crippen molar-refractivity contribution < 1.29 is 0 Å². The van der Waals surface area contributed by atoms with Crippen LogP contribution in [0.3, 0.4) is 0 Å². The Morgan fingerprint density at radius 3 is 1.39 bits per heavy atom. The lowest BCUT2D eigenvalue weighted by Crippen LogP contribution is -2.00. The van der Waals surface area contributed by atoms with Gasteiger partial charge in [0.05, 0.1) is 27.8 Å². The van der Waals surface area contributed by atoms with Crippen molar-refractivity contribution in [3.8, 4) is 33.6 Å². The summed E-state index contributed by atoms with van der Waals surface area (Å²) in [6, 6.07) is 75.7. The Labute approximate surface area is 323 Å². The topological polar surface area (TPSA) is 9.86 Å². The van der Waals surface area contributed by atoms with Crippen LogP contribution >= 0.6 is 0 Å². The van der Waals surface area contributed by atoms with E-state index in [2.05, 4.69) is 215 Å². The standard InChI is InChI=1S/C54H34N2/c1-2-15-35(16-3-1)39-19-8-11-26-50(39)56-52-28-13-10-25-46(52)48-32-31-47-45-24-9-12-27-51(45)55(53(47)54(48)56)38-18-14-17-36(33-38)37-29-30-44-42-22-5-4-20-40(42)41-21-6-7-23-43(41)49(44)34-37/h1-34H. The van der Waals surface area contributed by atoms with Crippen LogP contribution in [0.5, 0.6) is 0 Å². The van der Waals surface area contributed by atoms with Gasteiger partial charge in [0.2, 0.25) is 0 Å². The summed E-state index contributed by atoms with van der Waals surface area (Å²) in [5.41, 5.74) is 11.9. The molecule has 2 aromatic heterocycles. The number of rotatable bonds is 4. The predicted octanol–water partition coefficient (Wildman–Crippen LogP) is 14.7. The Morgan fingerprint density at radius 2 is 0.714 bits per heavy atom. The van der Waals surface area contributed by atoms with E-state index in [1.54, 1.807) is 0 Å². The van der Waals surface area contributed by atoms with Gasteiger partial charge in [-0.15, -0.1) is 0 Å². The molecule has 2 heterocycles. The first-order chi connectivity index (χ1) is 27.8. The summed E-state index contributed by atoms with van der Waals surface area (Å²) in [6.07, 6.45) is 0. The summed E-state index contributed by atoms with van der Waals surface area (Å²) in [7, 11) is 0. The fraction of sp³-hybridized carbons (Fsp3) is 0. The molecule has 12 rings (SSSR count). The third kappa shape index (κ3) is 4.44. The Bertz CT molecular complexity index is 3490. The van der Waals surface area contributed by atoms with Crippen molar-refractivity contribution >= 4 is 75.9 Å². The maximum atomic E-state index is 2.51. The van der Waals surface area contributed by atoms with E-state index in [1.807, 2.05) is 0 Å². The lowest BCUT2D eigenvalue weighted by Gasteiger charge is -2.16. The second-order valence-electron chi connectivity index (χ2n) is 14.8. The number of aromatic nitrogens is 2. The maximum absolute atomic E-state index is 2.51. The van der Waals surface area contributed by atoms with E-state index in [9.17, 15) is 0 Å². The number of hydrogen-bond acceptors (Lipinski definition) is 0. The molecule has 12 aromatic rings. The quantitative estimate of drug-likeness (QED) is 0.161. The van der Waals surface area contributed by atoms with E-state index in [0.717, 1.165) is 5.69 Å². The molecular formula is C54H34N2. The van der Waals surface area contributed by atoms with Crippen LogP contribution in [0.1, 0.15) is 0 Å². The maximum Gasteiger partial charge on any atom is 0.0789 e. The monoisotopic (exact) mass is 710 g/mol. The molecule has 260 valence electrons. The second-order valence-corrected chi connectivity index (χ2v) is 14.8. The van der Waals surface area contributed by atoms with Crippen molar-refractivity contribution in [2.45, 2.75) is 0 Å². The Morgan fingerprint density at radius 1 is 0.250 bits per heavy atom. The highest BCUT2D eigenvalue weighted by atomic mass is 15.0. The van der Waals surface area contributed by atoms with Crippen LogP contribution in [-0.4, -0.2) is 9.13 Å². The van der Waals surface area contributed by atoms with Gasteiger partial charge in [-0.05, 0) is 85.4 Å². The number of fused-ring (bicyclic) bond motifs is 13. The molecule has 0 fully saturated rings. The van der Waals surface area contributed by atoms with Crippen molar-refractivity contribution in [2.24, 2.45) is 0 Å². The van der Waals surface area contributed by atoms with E-state index in [0.29, 0.717) is 0 Å². The van der Waals surface area contributed by atoms with Crippen molar-refractivity contribution in [1.82, 2.24) is 9.13 Å². The average molecular weight is 711 g/mol. The molecule has 0 aliphatic carbocycles. The predicted molar refractivity (Wildman–Crippen MR) is 239 cm³/mol. The minimum absolute atomic E-state index is 1.14. The molecule has 2 nitrogen and oxygen atoms in total. The molecule has 0 radical (unpaired) electrons. The highest BCUT2D eigenvalue weighted by Gasteiger charge is 2.22. The van der Waals surface area contributed by atoms with E-state index in [1.165, 1.54) is 104 Å². The van der Waals surface area contributed by atoms with Crippen LogP contribution < -0.4 is 0 Å². The molecule has 0 saturated heterocycles. The second kappa shape index (κ2) is 12.0. The first-order valence-electron chi connectivity index (χ1n) is 19.4. The SMILES string of the molecule is c1ccc(-c2ccccc2-n2c3ccccc3c3ccc4c5ccccc5n(-c5cccc(-c6ccc7c8ccccc8c8ccccc8c7c6)c5)c4c32)cc1. The minimum Gasteiger partial charge on any atom is -0.307 e. The van der Waals surface area contributed by atoms with Crippen LogP contribution in [0.15, 0.2) is 206 Å². The van der Waals surface area contributed by atoms with Crippen LogP contribution in [0, 0.1) is 0 Å². The normalized spacial score (nSPS) is 11.9. The number of nitrogens with zero attached hydrogens (tertiary/aromatic N) is 2. The van der Waals surface area contributed by atoms with Gasteiger partial charge in [-0.1, -0.05) is 170 Å². The number of hydrogen-bond donors (Lipinski definition) is 0. The summed E-state index contributed by atoms with van der Waals surface area (Å²) >= 11 is 0.